The molecule has 19 nitrogen and oxygen atoms in total. The first kappa shape index (κ1) is 76.3. The van der Waals surface area contributed by atoms with E-state index >= 15 is 0 Å². The van der Waals surface area contributed by atoms with Crippen molar-refractivity contribution in [1.82, 2.24) is 5.32 Å². The number of hydrogen-bond donors (Lipinski definition) is 12. The zero-order valence-electron chi connectivity index (χ0n) is 51.6. The third kappa shape index (κ3) is 30.5. The number of carbonyl (C=O) groups excluding carboxylic acids is 1. The lowest BCUT2D eigenvalue weighted by atomic mass is 9.96. The van der Waals surface area contributed by atoms with Crippen LogP contribution in [0.2, 0.25) is 0 Å². The molecular formula is C65H119NO18. The van der Waals surface area contributed by atoms with E-state index in [1.807, 2.05) is 6.08 Å². The number of unbranched alkanes of at least 4 members (excludes halogenated alkanes) is 30. The van der Waals surface area contributed by atoms with E-state index in [1.165, 1.54) is 148 Å². The molecular weight excluding hydrogens is 1080 g/mol. The van der Waals surface area contributed by atoms with Crippen molar-refractivity contribution in [1.29, 1.82) is 0 Å². The quantitative estimate of drug-likeness (QED) is 0.0205. The zero-order chi connectivity index (χ0) is 61.2. The van der Waals surface area contributed by atoms with Crippen LogP contribution < -0.4 is 5.32 Å². The van der Waals surface area contributed by atoms with Gasteiger partial charge in [0.2, 0.25) is 5.91 Å². The second-order valence-corrected chi connectivity index (χ2v) is 23.9. The summed E-state index contributed by atoms with van der Waals surface area (Å²) in [5.41, 5.74) is 0. The number of carbonyl (C=O) groups is 1. The van der Waals surface area contributed by atoms with E-state index < -0.39 is 124 Å². The first-order valence-electron chi connectivity index (χ1n) is 33.2. The van der Waals surface area contributed by atoms with Crippen LogP contribution in [0.1, 0.15) is 239 Å². The molecule has 12 N–H and O–H groups in total. The van der Waals surface area contributed by atoms with E-state index in [2.05, 4.69) is 43.5 Å². The first-order valence-corrected chi connectivity index (χ1v) is 33.2. The van der Waals surface area contributed by atoms with E-state index in [0.717, 1.165) is 57.8 Å². The van der Waals surface area contributed by atoms with E-state index in [-0.39, 0.29) is 18.9 Å². The molecule has 3 rings (SSSR count). The molecule has 1 amide bonds. The Morgan fingerprint density at radius 3 is 1.19 bits per heavy atom. The Morgan fingerprint density at radius 1 is 0.417 bits per heavy atom. The van der Waals surface area contributed by atoms with Gasteiger partial charge >= 0.3 is 0 Å². The summed E-state index contributed by atoms with van der Waals surface area (Å²) in [5, 5.41) is 120. The fraction of sp³-hybridized carbons (Fsp3) is 0.892. The molecule has 0 radical (unpaired) electrons. The van der Waals surface area contributed by atoms with Crippen molar-refractivity contribution in [2.45, 2.75) is 343 Å². The van der Waals surface area contributed by atoms with Gasteiger partial charge in [-0.05, 0) is 57.8 Å². The standard InChI is InChI=1S/C65H119NO18/c1-3-5-7-9-11-13-15-17-19-20-21-22-23-24-25-26-27-28-29-30-32-34-36-38-40-42-49(70)48(66-53(71)43-41-39-37-35-33-31-18-16-14-12-10-8-6-4-2)47-79-63-59(77)56(74)61(51(45-68)81-63)84-65-60(78)57(75)62(52(46-69)82-65)83-64-58(76)55(73)54(72)50(44-67)80-64/h16,18,32,34,40,42,48-52,54-65,67-70,72-78H,3-15,17,19-31,33,35-39,41,43-47H2,1-2H3,(H,66,71)/b18-16-,34-32+,42-40+. The van der Waals surface area contributed by atoms with Crippen LogP contribution in [0.3, 0.4) is 0 Å². The summed E-state index contributed by atoms with van der Waals surface area (Å²) in [6.07, 6.45) is 27.1. The Hall–Kier alpha value is -1.99. The van der Waals surface area contributed by atoms with Crippen LogP contribution in [-0.4, -0.2) is 193 Å². The smallest absolute Gasteiger partial charge is 0.220 e. The first-order chi connectivity index (χ1) is 40.8. The van der Waals surface area contributed by atoms with Crippen LogP contribution in [-0.2, 0) is 33.2 Å². The number of ether oxygens (including phenoxy) is 6. The van der Waals surface area contributed by atoms with Crippen molar-refractivity contribution >= 4 is 5.91 Å². The molecule has 0 spiro atoms. The highest BCUT2D eigenvalue weighted by Gasteiger charge is 2.53. The van der Waals surface area contributed by atoms with Crippen LogP contribution in [0.25, 0.3) is 0 Å². The lowest BCUT2D eigenvalue weighted by Crippen LogP contribution is -2.66. The number of rotatable bonds is 50. The van der Waals surface area contributed by atoms with Gasteiger partial charge in [0.05, 0.1) is 38.6 Å². The molecule has 0 bridgehead atoms. The van der Waals surface area contributed by atoms with Gasteiger partial charge in [0.1, 0.15) is 73.2 Å². The lowest BCUT2D eigenvalue weighted by molar-refractivity contribution is -0.379. The van der Waals surface area contributed by atoms with Gasteiger partial charge in [0, 0.05) is 6.42 Å². The molecule has 17 atom stereocenters. The molecule has 19 heteroatoms. The van der Waals surface area contributed by atoms with Crippen molar-refractivity contribution < 1.29 is 89.4 Å². The third-order valence-corrected chi connectivity index (χ3v) is 16.7. The van der Waals surface area contributed by atoms with Gasteiger partial charge in [-0.1, -0.05) is 211 Å². The predicted molar refractivity (Wildman–Crippen MR) is 323 cm³/mol. The Morgan fingerprint density at radius 2 is 0.762 bits per heavy atom. The van der Waals surface area contributed by atoms with Crippen LogP contribution >= 0.6 is 0 Å². The maximum atomic E-state index is 13.3. The summed E-state index contributed by atoms with van der Waals surface area (Å²) in [6.45, 7) is 1.70. The molecule has 0 aromatic carbocycles. The van der Waals surface area contributed by atoms with E-state index in [4.69, 9.17) is 28.4 Å². The van der Waals surface area contributed by atoms with Crippen molar-refractivity contribution in [3.8, 4) is 0 Å². The van der Waals surface area contributed by atoms with Crippen molar-refractivity contribution in [2.24, 2.45) is 0 Å². The van der Waals surface area contributed by atoms with Gasteiger partial charge in [0.25, 0.3) is 0 Å². The summed E-state index contributed by atoms with van der Waals surface area (Å²) in [4.78, 5) is 13.3. The monoisotopic (exact) mass is 1200 g/mol. The number of amides is 1. The van der Waals surface area contributed by atoms with Crippen LogP contribution in [0.4, 0.5) is 0 Å². The highest BCUT2D eigenvalue weighted by molar-refractivity contribution is 5.76. The molecule has 0 saturated carbocycles. The van der Waals surface area contributed by atoms with Gasteiger partial charge in [-0.2, -0.15) is 0 Å². The number of aliphatic hydroxyl groups is 11. The topological polar surface area (TPSA) is 307 Å². The summed E-state index contributed by atoms with van der Waals surface area (Å²) < 4.78 is 34.3. The van der Waals surface area contributed by atoms with Crippen LogP contribution in [0.5, 0.6) is 0 Å². The van der Waals surface area contributed by atoms with Crippen LogP contribution in [0.15, 0.2) is 36.5 Å². The van der Waals surface area contributed by atoms with Gasteiger partial charge < -0.3 is 89.9 Å². The number of hydrogen-bond acceptors (Lipinski definition) is 18. The fourth-order valence-electron chi connectivity index (χ4n) is 11.2. The summed E-state index contributed by atoms with van der Waals surface area (Å²) in [5.74, 6) is -0.294. The SMILES string of the molecule is CCCCCCC/C=C\CCCCCCCC(=O)NC(COC1OC(CO)C(OC2OC(CO)C(OC3OC(CO)C(O)C(O)C3O)C(O)C2O)C(O)C1O)C(O)/C=C/CC/C=C/CCCCCCCCCCCCCCCCCCCCC. The summed E-state index contributed by atoms with van der Waals surface area (Å²) in [6, 6.07) is -0.993. The number of allylic oxidation sites excluding steroid dienone is 5. The summed E-state index contributed by atoms with van der Waals surface area (Å²) >= 11 is 0. The lowest BCUT2D eigenvalue weighted by Gasteiger charge is -2.48. The second kappa shape index (κ2) is 47.9. The molecule has 3 aliphatic heterocycles. The van der Waals surface area contributed by atoms with Gasteiger partial charge in [-0.3, -0.25) is 4.79 Å². The zero-order valence-corrected chi connectivity index (χ0v) is 51.6. The van der Waals surface area contributed by atoms with Gasteiger partial charge in [0.15, 0.2) is 18.9 Å². The normalized spacial score (nSPS) is 29.4. The molecule has 0 aliphatic carbocycles. The van der Waals surface area contributed by atoms with Crippen molar-refractivity contribution in [2.75, 3.05) is 26.4 Å². The minimum Gasteiger partial charge on any atom is -0.394 e. The maximum absolute atomic E-state index is 13.3. The van der Waals surface area contributed by atoms with Crippen molar-refractivity contribution in [3.63, 3.8) is 0 Å². The number of nitrogens with one attached hydrogen (secondary N) is 1. The highest BCUT2D eigenvalue weighted by atomic mass is 16.8. The predicted octanol–water partition coefficient (Wildman–Crippen LogP) is 7.66. The Bertz CT molecular complexity index is 1670. The minimum atomic E-state index is -1.98. The van der Waals surface area contributed by atoms with Crippen molar-refractivity contribution in [3.05, 3.63) is 36.5 Å². The summed E-state index contributed by atoms with van der Waals surface area (Å²) in [7, 11) is 0. The van der Waals surface area contributed by atoms with Gasteiger partial charge in [-0.25, -0.2) is 0 Å². The molecule has 17 unspecified atom stereocenters. The highest BCUT2D eigenvalue weighted by Crippen LogP contribution is 2.33. The largest absolute Gasteiger partial charge is 0.394 e. The van der Waals surface area contributed by atoms with Crippen LogP contribution in [0, 0.1) is 0 Å². The van der Waals surface area contributed by atoms with E-state index in [9.17, 15) is 61.0 Å². The average molecular weight is 1200 g/mol. The fourth-order valence-corrected chi connectivity index (χ4v) is 11.2. The minimum absolute atomic E-state index is 0.226. The molecule has 3 fully saturated rings. The van der Waals surface area contributed by atoms with E-state index in [0.29, 0.717) is 12.8 Å². The molecule has 492 valence electrons. The molecule has 84 heavy (non-hydrogen) atoms. The Labute approximate surface area is 504 Å². The Kier molecular flexibility index (Phi) is 43.5. The average Bonchev–Trinajstić information content (AvgIpc) is 2.80. The number of aliphatic hydroxyl groups excluding tert-OH is 11. The molecule has 3 heterocycles. The second-order valence-electron chi connectivity index (χ2n) is 23.9. The van der Waals surface area contributed by atoms with Gasteiger partial charge in [-0.15, -0.1) is 0 Å². The van der Waals surface area contributed by atoms with E-state index in [1.54, 1.807) is 6.08 Å². The third-order valence-electron chi connectivity index (χ3n) is 16.7. The Balaban J connectivity index is 1.46. The molecule has 3 aliphatic rings. The molecule has 3 saturated heterocycles. The molecule has 0 aromatic rings. The maximum Gasteiger partial charge on any atom is 0.220 e. The molecule has 0 aromatic heterocycles.